The van der Waals surface area contributed by atoms with Gasteiger partial charge in [0.25, 0.3) is 5.91 Å². The molecular weight excluding hydrogens is 339 g/mol. The van der Waals surface area contributed by atoms with Gasteiger partial charge in [-0.2, -0.15) is 0 Å². The molecule has 0 aliphatic carbocycles. The normalized spacial score (nSPS) is 12.4. The highest BCUT2D eigenvalue weighted by Gasteiger charge is 2.29. The SMILES string of the molecule is O=CC(c1ccc(F)cc1)S(=O)(=O)NC(=O)c1ccc(CO)nc1. The van der Waals surface area contributed by atoms with Crippen LogP contribution in [0.4, 0.5) is 4.39 Å². The van der Waals surface area contributed by atoms with Gasteiger partial charge in [0, 0.05) is 6.20 Å². The number of benzene rings is 1. The van der Waals surface area contributed by atoms with Crippen LogP contribution in [0.1, 0.15) is 26.9 Å². The van der Waals surface area contributed by atoms with Crippen molar-refractivity contribution in [1.29, 1.82) is 0 Å². The van der Waals surface area contributed by atoms with Crippen LogP contribution in [0.3, 0.4) is 0 Å². The first-order chi connectivity index (χ1) is 11.4. The molecule has 0 aliphatic heterocycles. The van der Waals surface area contributed by atoms with Crippen LogP contribution in [-0.2, 0) is 21.4 Å². The smallest absolute Gasteiger partial charge is 0.266 e. The van der Waals surface area contributed by atoms with E-state index in [4.69, 9.17) is 5.11 Å². The lowest BCUT2D eigenvalue weighted by Crippen LogP contribution is -2.35. The quantitative estimate of drug-likeness (QED) is 0.741. The number of halogens is 1. The summed E-state index contributed by atoms with van der Waals surface area (Å²) in [5, 5.41) is 7.22. The molecule has 1 amide bonds. The fourth-order valence-electron chi connectivity index (χ4n) is 1.89. The molecule has 2 aromatic rings. The first-order valence-corrected chi connectivity index (χ1v) is 8.24. The Morgan fingerprint density at radius 1 is 1.25 bits per heavy atom. The van der Waals surface area contributed by atoms with Gasteiger partial charge >= 0.3 is 0 Å². The zero-order valence-electron chi connectivity index (χ0n) is 12.2. The third kappa shape index (κ3) is 4.00. The Labute approximate surface area is 137 Å². The molecule has 0 saturated heterocycles. The molecule has 1 atom stereocenters. The average Bonchev–Trinajstić information content (AvgIpc) is 2.56. The van der Waals surface area contributed by atoms with Crippen LogP contribution in [-0.4, -0.2) is 30.7 Å². The lowest BCUT2D eigenvalue weighted by atomic mass is 10.2. The van der Waals surface area contributed by atoms with E-state index in [0.29, 0.717) is 5.69 Å². The van der Waals surface area contributed by atoms with Gasteiger partial charge < -0.3 is 9.90 Å². The summed E-state index contributed by atoms with van der Waals surface area (Å²) in [4.78, 5) is 26.9. The fraction of sp³-hybridized carbons (Fsp3) is 0.133. The van der Waals surface area contributed by atoms with Crippen LogP contribution in [0.5, 0.6) is 0 Å². The minimum Gasteiger partial charge on any atom is -0.390 e. The van der Waals surface area contributed by atoms with Crippen molar-refractivity contribution in [3.63, 3.8) is 0 Å². The minimum atomic E-state index is -4.37. The van der Waals surface area contributed by atoms with Gasteiger partial charge in [-0.1, -0.05) is 12.1 Å². The molecule has 0 radical (unpaired) electrons. The largest absolute Gasteiger partial charge is 0.390 e. The number of aldehydes is 1. The lowest BCUT2D eigenvalue weighted by molar-refractivity contribution is -0.107. The van der Waals surface area contributed by atoms with Crippen LogP contribution in [0, 0.1) is 5.82 Å². The van der Waals surface area contributed by atoms with E-state index in [2.05, 4.69) is 4.98 Å². The van der Waals surface area contributed by atoms with Gasteiger partial charge in [0.15, 0.2) is 5.25 Å². The topological polar surface area (TPSA) is 113 Å². The van der Waals surface area contributed by atoms with Gasteiger partial charge in [-0.25, -0.2) is 17.5 Å². The van der Waals surface area contributed by atoms with Gasteiger partial charge in [-0.15, -0.1) is 0 Å². The molecule has 9 heteroatoms. The number of aromatic nitrogens is 1. The summed E-state index contributed by atoms with van der Waals surface area (Å²) in [6.45, 7) is -0.321. The number of pyridine rings is 1. The van der Waals surface area contributed by atoms with E-state index >= 15 is 0 Å². The zero-order valence-corrected chi connectivity index (χ0v) is 13.0. The van der Waals surface area contributed by atoms with Crippen LogP contribution < -0.4 is 4.72 Å². The molecule has 0 fully saturated rings. The lowest BCUT2D eigenvalue weighted by Gasteiger charge is -2.13. The number of hydrogen-bond acceptors (Lipinski definition) is 6. The van der Waals surface area contributed by atoms with E-state index in [-0.39, 0.29) is 24.0 Å². The summed E-state index contributed by atoms with van der Waals surface area (Å²) < 4.78 is 39.2. The summed E-state index contributed by atoms with van der Waals surface area (Å²) in [5.41, 5.74) is 0.284. The van der Waals surface area contributed by atoms with Crippen molar-refractivity contribution < 1.29 is 27.5 Å². The number of rotatable bonds is 6. The molecule has 24 heavy (non-hydrogen) atoms. The second kappa shape index (κ2) is 7.28. The maximum Gasteiger partial charge on any atom is 0.266 e. The second-order valence-corrected chi connectivity index (χ2v) is 6.58. The van der Waals surface area contributed by atoms with Crippen molar-refractivity contribution in [2.75, 3.05) is 0 Å². The standard InChI is InChI=1S/C15H13FN2O5S/c16-12-4-1-10(2-5-12)14(9-20)24(22,23)18-15(21)11-3-6-13(8-19)17-7-11/h1-7,9,14,19H,8H2,(H,18,21). The highest BCUT2D eigenvalue weighted by molar-refractivity contribution is 7.91. The van der Waals surface area contributed by atoms with Crippen molar-refractivity contribution in [2.45, 2.75) is 11.9 Å². The Hall–Kier alpha value is -2.65. The molecule has 0 saturated carbocycles. The first kappa shape index (κ1) is 17.7. The molecule has 2 rings (SSSR count). The van der Waals surface area contributed by atoms with Crippen LogP contribution >= 0.6 is 0 Å². The van der Waals surface area contributed by atoms with Crippen molar-refractivity contribution in [3.05, 3.63) is 65.2 Å². The Balaban J connectivity index is 2.22. The molecular formula is C15H13FN2O5S. The van der Waals surface area contributed by atoms with Crippen molar-refractivity contribution in [1.82, 2.24) is 9.71 Å². The molecule has 1 heterocycles. The molecule has 126 valence electrons. The maximum absolute atomic E-state index is 12.9. The average molecular weight is 352 g/mol. The summed E-state index contributed by atoms with van der Waals surface area (Å²) in [6, 6.07) is 6.97. The van der Waals surface area contributed by atoms with Crippen molar-refractivity contribution in [2.24, 2.45) is 0 Å². The van der Waals surface area contributed by atoms with Gasteiger partial charge in [-0.05, 0) is 29.8 Å². The van der Waals surface area contributed by atoms with Gasteiger partial charge in [0.05, 0.1) is 17.9 Å². The monoisotopic (exact) mass is 352 g/mol. The van der Waals surface area contributed by atoms with Gasteiger partial charge in [0.2, 0.25) is 10.0 Å². The molecule has 1 aromatic carbocycles. The van der Waals surface area contributed by atoms with E-state index in [1.54, 1.807) is 4.72 Å². The predicted octanol–water partition coefficient (Wildman–Crippen LogP) is 0.713. The minimum absolute atomic E-state index is 0.0282. The van der Waals surface area contributed by atoms with Gasteiger partial charge in [0.1, 0.15) is 12.1 Å². The Morgan fingerprint density at radius 3 is 2.42 bits per heavy atom. The number of hydrogen-bond donors (Lipinski definition) is 2. The molecule has 0 spiro atoms. The molecule has 2 N–H and O–H groups in total. The first-order valence-electron chi connectivity index (χ1n) is 6.70. The van der Waals surface area contributed by atoms with E-state index in [9.17, 15) is 22.4 Å². The molecule has 1 unspecified atom stereocenters. The summed E-state index contributed by atoms with van der Waals surface area (Å²) in [5.74, 6) is -1.55. The van der Waals surface area contributed by atoms with E-state index < -0.39 is 27.0 Å². The number of nitrogens with zero attached hydrogens (tertiary/aromatic N) is 1. The highest BCUT2D eigenvalue weighted by Crippen LogP contribution is 2.20. The van der Waals surface area contributed by atoms with Crippen molar-refractivity contribution in [3.8, 4) is 0 Å². The van der Waals surface area contributed by atoms with Crippen LogP contribution in [0.25, 0.3) is 0 Å². The maximum atomic E-state index is 12.9. The zero-order chi connectivity index (χ0) is 17.7. The number of carbonyl (C=O) groups is 2. The van der Waals surface area contributed by atoms with Crippen LogP contribution in [0.15, 0.2) is 42.6 Å². The third-order valence-corrected chi connectivity index (χ3v) is 4.66. The molecule has 0 aliphatic rings. The van der Waals surface area contributed by atoms with E-state index in [1.807, 2.05) is 0 Å². The number of sulfonamides is 1. The van der Waals surface area contributed by atoms with Crippen LogP contribution in [0.2, 0.25) is 0 Å². The summed E-state index contributed by atoms with van der Waals surface area (Å²) >= 11 is 0. The molecule has 7 nitrogen and oxygen atoms in total. The number of carbonyl (C=O) groups excluding carboxylic acids is 2. The number of aliphatic hydroxyl groups is 1. The predicted molar refractivity (Wildman–Crippen MR) is 81.8 cm³/mol. The Kier molecular flexibility index (Phi) is 5.37. The number of aliphatic hydroxyl groups excluding tert-OH is 1. The molecule has 1 aromatic heterocycles. The molecule has 0 bridgehead atoms. The van der Waals surface area contributed by atoms with E-state index in [1.165, 1.54) is 12.1 Å². The number of amides is 1. The summed E-state index contributed by atoms with van der Waals surface area (Å²) in [7, 11) is -4.37. The summed E-state index contributed by atoms with van der Waals surface area (Å²) in [6.07, 6.45) is 1.25. The third-order valence-electron chi connectivity index (χ3n) is 3.14. The Morgan fingerprint density at radius 2 is 1.92 bits per heavy atom. The fourth-order valence-corrected chi connectivity index (χ4v) is 3.05. The Bertz CT molecular complexity index is 835. The van der Waals surface area contributed by atoms with Crippen molar-refractivity contribution >= 4 is 22.2 Å². The van der Waals surface area contributed by atoms with E-state index in [0.717, 1.165) is 30.5 Å². The number of nitrogens with one attached hydrogen (secondary N) is 1. The second-order valence-electron chi connectivity index (χ2n) is 4.78. The van der Waals surface area contributed by atoms with Gasteiger partial charge in [-0.3, -0.25) is 9.78 Å². The highest BCUT2D eigenvalue weighted by atomic mass is 32.2.